The van der Waals surface area contributed by atoms with Gasteiger partial charge in [-0.15, -0.1) is 0 Å². The van der Waals surface area contributed by atoms with Crippen molar-refractivity contribution >= 4 is 40.7 Å². The van der Waals surface area contributed by atoms with E-state index in [9.17, 15) is 22.8 Å². The van der Waals surface area contributed by atoms with Crippen LogP contribution >= 0.6 is 23.2 Å². The van der Waals surface area contributed by atoms with Gasteiger partial charge in [0, 0.05) is 34.4 Å². The van der Waals surface area contributed by atoms with Crippen molar-refractivity contribution in [2.75, 3.05) is 5.32 Å². The van der Waals surface area contributed by atoms with Crippen LogP contribution in [-0.2, 0) is 30.5 Å². The molecule has 1 atom stereocenters. The number of anilines is 1. The molecule has 0 fully saturated rings. The molecule has 0 bridgehead atoms. The first-order valence-electron chi connectivity index (χ1n) is 10.6. The largest absolute Gasteiger partial charge is 0.416 e. The lowest BCUT2D eigenvalue weighted by atomic mass is 10.1. The van der Waals surface area contributed by atoms with E-state index in [1.807, 2.05) is 0 Å². The molecule has 0 spiro atoms. The summed E-state index contributed by atoms with van der Waals surface area (Å²) in [6.07, 6.45) is -4.21. The Balaban J connectivity index is 1.39. The maximum absolute atomic E-state index is 12.9. The molecule has 3 aromatic carbocycles. The number of carbonyl (C=O) groups excluding carboxylic acids is 2. The fraction of sp³-hybridized carbons (Fsp3) is 0.200. The predicted octanol–water partition coefficient (Wildman–Crippen LogP) is 5.68. The van der Waals surface area contributed by atoms with E-state index in [1.165, 1.54) is 0 Å². The number of halogens is 5. The summed E-state index contributed by atoms with van der Waals surface area (Å²) in [4.78, 5) is 27.0. The quantitative estimate of drug-likeness (QED) is 0.453. The number of rotatable bonds is 5. The van der Waals surface area contributed by atoms with Crippen LogP contribution in [0.5, 0.6) is 0 Å². The van der Waals surface area contributed by atoms with Gasteiger partial charge in [0.25, 0.3) is 5.91 Å². The second kappa shape index (κ2) is 9.89. The highest BCUT2D eigenvalue weighted by atomic mass is 35.5. The summed E-state index contributed by atoms with van der Waals surface area (Å²) < 4.78 is 38.2. The van der Waals surface area contributed by atoms with Crippen molar-refractivity contribution in [3.8, 4) is 0 Å². The van der Waals surface area contributed by atoms with Gasteiger partial charge in [0.1, 0.15) is 0 Å². The number of nitrogens with one attached hydrogen (secondary N) is 1. The number of hydrogen-bond acceptors (Lipinski definition) is 3. The molecule has 0 aliphatic carbocycles. The highest BCUT2D eigenvalue weighted by molar-refractivity contribution is 6.35. The molecule has 5 nitrogen and oxygen atoms in total. The summed E-state index contributed by atoms with van der Waals surface area (Å²) in [5.74, 6) is -0.769. The molecule has 0 radical (unpaired) electrons. The number of carbonyl (C=O) groups is 2. The standard InChI is InChI=1S/C25H20Cl2F3N3O2/c26-19-7-3-15(21(27)11-19)10-22(31)24(35)33-12-16-4-8-20(9-17(16)13-33)32-23(34)14-1-5-18(6-2-14)25(28,29)30/h1-9,11,22H,10,12-13,31H2,(H,32,34)/t22-/m1/s1. The molecule has 0 aromatic heterocycles. The fourth-order valence-corrected chi connectivity index (χ4v) is 4.37. The summed E-state index contributed by atoms with van der Waals surface area (Å²) in [5.41, 5.74) is 8.39. The Bertz CT molecular complexity index is 1280. The Kier molecular flexibility index (Phi) is 7.07. The topological polar surface area (TPSA) is 75.4 Å². The van der Waals surface area contributed by atoms with Gasteiger partial charge >= 0.3 is 6.18 Å². The van der Waals surface area contributed by atoms with Gasteiger partial charge in [-0.05, 0) is 71.6 Å². The van der Waals surface area contributed by atoms with Crippen LogP contribution in [0.4, 0.5) is 18.9 Å². The van der Waals surface area contributed by atoms with Crippen molar-refractivity contribution in [3.63, 3.8) is 0 Å². The van der Waals surface area contributed by atoms with Gasteiger partial charge in [0.15, 0.2) is 0 Å². The zero-order valence-corrected chi connectivity index (χ0v) is 19.7. The number of alkyl halides is 3. The average Bonchev–Trinajstić information content (AvgIpc) is 3.23. The van der Waals surface area contributed by atoms with Gasteiger partial charge in [0.2, 0.25) is 5.91 Å². The van der Waals surface area contributed by atoms with E-state index in [0.717, 1.165) is 41.0 Å². The Morgan fingerprint density at radius 1 is 0.971 bits per heavy atom. The third kappa shape index (κ3) is 5.78. The van der Waals surface area contributed by atoms with Gasteiger partial charge in [0.05, 0.1) is 11.6 Å². The number of hydrogen-bond donors (Lipinski definition) is 2. The first-order chi connectivity index (χ1) is 16.5. The predicted molar refractivity (Wildman–Crippen MR) is 128 cm³/mol. The molecular weight excluding hydrogens is 502 g/mol. The number of nitrogens with zero attached hydrogens (tertiary/aromatic N) is 1. The summed E-state index contributed by atoms with van der Waals surface area (Å²) >= 11 is 12.1. The Labute approximate surface area is 209 Å². The van der Waals surface area contributed by atoms with Crippen LogP contribution < -0.4 is 11.1 Å². The van der Waals surface area contributed by atoms with Crippen LogP contribution in [0.15, 0.2) is 60.7 Å². The lowest BCUT2D eigenvalue weighted by Crippen LogP contribution is -2.42. The van der Waals surface area contributed by atoms with Crippen LogP contribution in [0.3, 0.4) is 0 Å². The minimum atomic E-state index is -4.47. The second-order valence-electron chi connectivity index (χ2n) is 8.25. The first kappa shape index (κ1) is 25.0. The van der Waals surface area contributed by atoms with Crippen molar-refractivity contribution in [1.29, 1.82) is 0 Å². The molecule has 0 saturated carbocycles. The third-order valence-corrected chi connectivity index (χ3v) is 6.33. The van der Waals surface area contributed by atoms with Crippen LogP contribution in [-0.4, -0.2) is 22.8 Å². The molecular formula is C25H20Cl2F3N3O2. The van der Waals surface area contributed by atoms with Crippen LogP contribution in [0.2, 0.25) is 10.0 Å². The monoisotopic (exact) mass is 521 g/mol. The average molecular weight is 522 g/mol. The molecule has 1 aliphatic rings. The van der Waals surface area contributed by atoms with Crippen LogP contribution in [0.1, 0.15) is 32.6 Å². The molecule has 3 aromatic rings. The lowest BCUT2D eigenvalue weighted by molar-refractivity contribution is -0.137. The van der Waals surface area contributed by atoms with Gasteiger partial charge in [-0.1, -0.05) is 35.3 Å². The van der Waals surface area contributed by atoms with Crippen LogP contribution in [0, 0.1) is 0 Å². The van der Waals surface area contributed by atoms with Crippen molar-refractivity contribution < 1.29 is 22.8 Å². The molecule has 2 amide bonds. The number of fused-ring (bicyclic) bond motifs is 1. The van der Waals surface area contributed by atoms with E-state index in [0.29, 0.717) is 28.8 Å². The summed E-state index contributed by atoms with van der Waals surface area (Å²) in [7, 11) is 0. The molecule has 182 valence electrons. The highest BCUT2D eigenvalue weighted by Crippen LogP contribution is 2.30. The third-order valence-electron chi connectivity index (χ3n) is 5.74. The smallest absolute Gasteiger partial charge is 0.333 e. The SMILES string of the molecule is N[C@H](Cc1ccc(Cl)cc1Cl)C(=O)N1Cc2ccc(NC(=O)c3ccc(C(F)(F)F)cc3)cc2C1. The van der Waals surface area contributed by atoms with Crippen molar-refractivity contribution in [3.05, 3.63) is 98.5 Å². The van der Waals surface area contributed by atoms with Crippen molar-refractivity contribution in [2.45, 2.75) is 31.7 Å². The van der Waals surface area contributed by atoms with E-state index in [2.05, 4.69) is 5.32 Å². The fourth-order valence-electron chi connectivity index (χ4n) is 3.89. The lowest BCUT2D eigenvalue weighted by Gasteiger charge is -2.20. The van der Waals surface area contributed by atoms with Gasteiger partial charge < -0.3 is 16.0 Å². The normalized spacial score (nSPS) is 13.9. The maximum Gasteiger partial charge on any atom is 0.416 e. The van der Waals surface area contributed by atoms with Gasteiger partial charge in [-0.3, -0.25) is 9.59 Å². The Morgan fingerprint density at radius 2 is 1.66 bits per heavy atom. The number of nitrogens with two attached hydrogens (primary N) is 1. The minimum absolute atomic E-state index is 0.0992. The van der Waals surface area contributed by atoms with Gasteiger partial charge in [-0.25, -0.2) is 0 Å². The number of amides is 2. The molecule has 35 heavy (non-hydrogen) atoms. The van der Waals surface area contributed by atoms with E-state index < -0.39 is 23.7 Å². The molecule has 10 heteroatoms. The van der Waals surface area contributed by atoms with Crippen molar-refractivity contribution in [1.82, 2.24) is 4.90 Å². The summed E-state index contributed by atoms with van der Waals surface area (Å²) in [5, 5.41) is 3.62. The Hall–Kier alpha value is -3.07. The zero-order chi connectivity index (χ0) is 25.3. The second-order valence-corrected chi connectivity index (χ2v) is 9.10. The van der Waals surface area contributed by atoms with Gasteiger partial charge in [-0.2, -0.15) is 13.2 Å². The first-order valence-corrected chi connectivity index (χ1v) is 11.4. The molecule has 1 heterocycles. The maximum atomic E-state index is 12.9. The molecule has 0 saturated heterocycles. The molecule has 3 N–H and O–H groups in total. The van der Waals surface area contributed by atoms with E-state index in [1.54, 1.807) is 41.3 Å². The minimum Gasteiger partial charge on any atom is -0.333 e. The highest BCUT2D eigenvalue weighted by Gasteiger charge is 2.30. The van der Waals surface area contributed by atoms with E-state index in [4.69, 9.17) is 28.9 Å². The molecule has 1 aliphatic heterocycles. The summed E-state index contributed by atoms with van der Waals surface area (Å²) in [6.45, 7) is 0.698. The van der Waals surface area contributed by atoms with Crippen molar-refractivity contribution in [2.24, 2.45) is 5.73 Å². The Morgan fingerprint density at radius 3 is 2.31 bits per heavy atom. The molecule has 0 unspecified atom stereocenters. The summed E-state index contributed by atoms with van der Waals surface area (Å²) in [6, 6.07) is 13.4. The zero-order valence-electron chi connectivity index (χ0n) is 18.2. The van der Waals surface area contributed by atoms with E-state index >= 15 is 0 Å². The number of benzene rings is 3. The molecule has 4 rings (SSSR count). The van der Waals surface area contributed by atoms with E-state index in [-0.39, 0.29) is 17.9 Å². The van der Waals surface area contributed by atoms with Crippen LogP contribution in [0.25, 0.3) is 0 Å².